The van der Waals surface area contributed by atoms with Gasteiger partial charge in [-0.2, -0.15) is 0 Å². The summed E-state index contributed by atoms with van der Waals surface area (Å²) in [6, 6.07) is 15.2. The summed E-state index contributed by atoms with van der Waals surface area (Å²) < 4.78 is 6.07. The van der Waals surface area contributed by atoms with Crippen LogP contribution < -0.4 is 0 Å². The Labute approximate surface area is 166 Å². The van der Waals surface area contributed by atoms with Crippen LogP contribution in [0.1, 0.15) is 41.5 Å². The molecule has 2 atom stereocenters. The first-order valence-electron chi connectivity index (χ1n) is 9.86. The highest BCUT2D eigenvalue weighted by molar-refractivity contribution is 5.86. The van der Waals surface area contributed by atoms with Gasteiger partial charge in [0.2, 0.25) is 5.60 Å². The molecule has 0 aliphatic carbocycles. The number of hydrogen-bond donors (Lipinski definition) is 1. The van der Waals surface area contributed by atoms with Crippen LogP contribution in [0.4, 0.5) is 0 Å². The Balaban J connectivity index is 1.76. The minimum atomic E-state index is -1.86. The second-order valence-electron chi connectivity index (χ2n) is 8.12. The van der Waals surface area contributed by atoms with Crippen molar-refractivity contribution in [2.45, 2.75) is 50.5 Å². The summed E-state index contributed by atoms with van der Waals surface area (Å²) in [5.41, 5.74) is 0.524. The average Bonchev–Trinajstić information content (AvgIpc) is 2.86. The molecule has 2 aromatic rings. The predicted octanol–water partition coefficient (Wildman–Crippen LogP) is 3.83. The number of carbonyl (C=O) groups is 1. The Hall–Kier alpha value is -2.43. The van der Waals surface area contributed by atoms with Gasteiger partial charge in [-0.3, -0.25) is 4.90 Å². The Bertz CT molecular complexity index is 855. The summed E-state index contributed by atoms with van der Waals surface area (Å²) in [5.74, 6) is -0.640. The minimum Gasteiger partial charge on any atom is -0.437 e. The molecule has 2 heterocycles. The third-order valence-electron chi connectivity index (χ3n) is 6.27. The largest absolute Gasteiger partial charge is 0.437 e. The first-order chi connectivity index (χ1) is 13.3. The average molecular weight is 377 g/mol. The Morgan fingerprint density at radius 1 is 1.07 bits per heavy atom. The van der Waals surface area contributed by atoms with Crippen LogP contribution in [0.5, 0.6) is 0 Å². The summed E-state index contributed by atoms with van der Waals surface area (Å²) >= 11 is 0. The summed E-state index contributed by atoms with van der Waals surface area (Å²) in [6.07, 6.45) is 6.75. The predicted molar refractivity (Wildman–Crippen MR) is 109 cm³/mol. The smallest absolute Gasteiger partial charge is 0.349 e. The number of ether oxygens (including phenoxy) is 1. The standard InChI is InChI=1S/C24H27NO3/c1-17-6-10-19(11-7-17)24(27,20-12-8-18(2)9-13-20)22(26)28-23-15-4-5-21(14-16-23)25(23)3/h4,6-13,15,21,27H,5,14,16H2,1-3H3/t21-,23-/m1/s1. The van der Waals surface area contributed by atoms with Crippen molar-refractivity contribution in [3.8, 4) is 0 Å². The molecule has 2 aromatic carbocycles. The topological polar surface area (TPSA) is 49.8 Å². The zero-order valence-electron chi connectivity index (χ0n) is 16.7. The molecule has 0 radical (unpaired) electrons. The lowest BCUT2D eigenvalue weighted by molar-refractivity contribution is -0.187. The van der Waals surface area contributed by atoms with Crippen molar-refractivity contribution >= 4 is 5.97 Å². The van der Waals surface area contributed by atoms with E-state index in [1.54, 1.807) is 24.3 Å². The highest BCUT2D eigenvalue weighted by Gasteiger charge is 2.51. The Morgan fingerprint density at radius 2 is 1.61 bits per heavy atom. The molecule has 2 aliphatic rings. The van der Waals surface area contributed by atoms with Crippen molar-refractivity contribution < 1.29 is 14.6 Å². The molecular formula is C24H27NO3. The van der Waals surface area contributed by atoms with Crippen LogP contribution in [0.2, 0.25) is 0 Å². The van der Waals surface area contributed by atoms with E-state index >= 15 is 0 Å². The third kappa shape index (κ3) is 2.97. The van der Waals surface area contributed by atoms with Crippen molar-refractivity contribution in [2.24, 2.45) is 0 Å². The fourth-order valence-corrected chi connectivity index (χ4v) is 4.32. The van der Waals surface area contributed by atoms with Gasteiger partial charge >= 0.3 is 5.97 Å². The molecule has 1 N–H and O–H groups in total. The maximum atomic E-state index is 13.5. The van der Waals surface area contributed by atoms with Crippen molar-refractivity contribution in [1.82, 2.24) is 4.90 Å². The number of esters is 1. The molecule has 0 saturated carbocycles. The maximum absolute atomic E-state index is 13.5. The van der Waals surface area contributed by atoms with E-state index in [2.05, 4.69) is 11.0 Å². The van der Waals surface area contributed by atoms with E-state index in [1.807, 2.05) is 51.2 Å². The highest BCUT2D eigenvalue weighted by Crippen LogP contribution is 2.42. The molecule has 0 unspecified atom stereocenters. The number of aryl methyl sites for hydroxylation is 2. The summed E-state index contributed by atoms with van der Waals surface area (Å²) in [5, 5.41) is 11.7. The number of rotatable bonds is 4. The number of carbonyl (C=O) groups excluding carboxylic acids is 1. The van der Waals surface area contributed by atoms with Crippen LogP contribution in [0.15, 0.2) is 60.7 Å². The van der Waals surface area contributed by atoms with Gasteiger partial charge in [-0.25, -0.2) is 4.79 Å². The maximum Gasteiger partial charge on any atom is 0.349 e. The molecule has 4 heteroatoms. The SMILES string of the molecule is Cc1ccc(C(O)(C(=O)O[C@]23C=CC[C@H](CC2)N3C)c2ccc(C)cc2)cc1. The lowest BCUT2D eigenvalue weighted by Gasteiger charge is -2.40. The molecule has 4 nitrogen and oxygen atoms in total. The zero-order chi connectivity index (χ0) is 19.9. The van der Waals surface area contributed by atoms with Crippen molar-refractivity contribution in [3.63, 3.8) is 0 Å². The summed E-state index contributed by atoms with van der Waals surface area (Å²) in [6.45, 7) is 3.96. The monoisotopic (exact) mass is 377 g/mol. The van der Waals surface area contributed by atoms with Crippen molar-refractivity contribution in [1.29, 1.82) is 0 Å². The summed E-state index contributed by atoms with van der Waals surface area (Å²) in [7, 11) is 1.99. The van der Waals surface area contributed by atoms with Gasteiger partial charge in [0.05, 0.1) is 0 Å². The van der Waals surface area contributed by atoms with E-state index < -0.39 is 17.3 Å². The molecule has 0 spiro atoms. The van der Waals surface area contributed by atoms with Gasteiger partial charge in [0.1, 0.15) is 0 Å². The molecule has 2 aliphatic heterocycles. The minimum absolute atomic E-state index is 0.379. The number of nitrogens with zero attached hydrogens (tertiary/aromatic N) is 1. The van der Waals surface area contributed by atoms with Gasteiger partial charge in [0.25, 0.3) is 0 Å². The quantitative estimate of drug-likeness (QED) is 0.650. The first-order valence-corrected chi connectivity index (χ1v) is 9.86. The normalized spacial score (nSPS) is 24.4. The van der Waals surface area contributed by atoms with E-state index in [-0.39, 0.29) is 0 Å². The molecule has 146 valence electrons. The van der Waals surface area contributed by atoms with Crippen LogP contribution >= 0.6 is 0 Å². The number of benzene rings is 2. The highest BCUT2D eigenvalue weighted by atomic mass is 16.6. The van der Waals surface area contributed by atoms with Crippen LogP contribution in [-0.4, -0.2) is 34.8 Å². The Morgan fingerprint density at radius 3 is 2.14 bits per heavy atom. The van der Waals surface area contributed by atoms with Gasteiger partial charge in [-0.05, 0) is 50.9 Å². The van der Waals surface area contributed by atoms with E-state index in [0.717, 1.165) is 30.4 Å². The molecule has 4 rings (SSSR count). The summed E-state index contributed by atoms with van der Waals surface area (Å²) in [4.78, 5) is 15.6. The van der Waals surface area contributed by atoms with Crippen LogP contribution in [0.25, 0.3) is 0 Å². The molecule has 0 amide bonds. The van der Waals surface area contributed by atoms with Crippen LogP contribution in [0.3, 0.4) is 0 Å². The molecule has 1 saturated heterocycles. The first kappa shape index (κ1) is 18.9. The number of aliphatic hydroxyl groups is 1. The number of hydrogen-bond acceptors (Lipinski definition) is 4. The van der Waals surface area contributed by atoms with E-state index in [0.29, 0.717) is 17.2 Å². The second-order valence-corrected chi connectivity index (χ2v) is 8.12. The van der Waals surface area contributed by atoms with Gasteiger partial charge in [-0.15, -0.1) is 0 Å². The fraction of sp³-hybridized carbons (Fsp3) is 0.375. The molecular weight excluding hydrogens is 350 g/mol. The molecule has 0 aromatic heterocycles. The lowest BCUT2D eigenvalue weighted by Crippen LogP contribution is -2.52. The van der Waals surface area contributed by atoms with Gasteiger partial charge in [0, 0.05) is 12.5 Å². The van der Waals surface area contributed by atoms with Crippen molar-refractivity contribution in [3.05, 3.63) is 82.9 Å². The van der Waals surface area contributed by atoms with Gasteiger partial charge in [-0.1, -0.05) is 65.7 Å². The van der Waals surface area contributed by atoms with Crippen LogP contribution in [0, 0.1) is 13.8 Å². The number of likely N-dealkylation sites (N-methyl/N-ethyl adjacent to an activating group) is 1. The fourth-order valence-electron chi connectivity index (χ4n) is 4.32. The molecule has 28 heavy (non-hydrogen) atoms. The lowest BCUT2D eigenvalue weighted by atomic mass is 9.85. The van der Waals surface area contributed by atoms with E-state index in [4.69, 9.17) is 4.74 Å². The van der Waals surface area contributed by atoms with E-state index in [1.165, 1.54) is 0 Å². The number of fused-ring (bicyclic) bond motifs is 2. The van der Waals surface area contributed by atoms with Crippen molar-refractivity contribution in [2.75, 3.05) is 7.05 Å². The molecule has 2 bridgehead atoms. The third-order valence-corrected chi connectivity index (χ3v) is 6.27. The second kappa shape index (κ2) is 6.87. The zero-order valence-corrected chi connectivity index (χ0v) is 16.7. The van der Waals surface area contributed by atoms with Gasteiger partial charge < -0.3 is 9.84 Å². The molecule has 1 fully saturated rings. The van der Waals surface area contributed by atoms with Gasteiger partial charge in [0.15, 0.2) is 5.72 Å². The Kier molecular flexibility index (Phi) is 4.64. The van der Waals surface area contributed by atoms with Crippen LogP contribution in [-0.2, 0) is 15.1 Å². The van der Waals surface area contributed by atoms with E-state index in [9.17, 15) is 9.90 Å².